The third-order valence-corrected chi connectivity index (χ3v) is 6.87. The largest absolute Gasteiger partial charge is 0.319 e. The molecular weight excluding hydrogens is 380 g/mol. The van der Waals surface area contributed by atoms with Crippen molar-refractivity contribution in [3.63, 3.8) is 0 Å². The number of piperidine rings is 2. The van der Waals surface area contributed by atoms with Crippen molar-refractivity contribution in [1.29, 1.82) is 0 Å². The second kappa shape index (κ2) is 7.92. The fourth-order valence-corrected chi connectivity index (χ4v) is 5.42. The van der Waals surface area contributed by atoms with Crippen molar-refractivity contribution in [1.82, 2.24) is 24.3 Å². The van der Waals surface area contributed by atoms with E-state index in [1.807, 2.05) is 4.57 Å². The Balaban J connectivity index is 1.42. The van der Waals surface area contributed by atoms with E-state index in [1.165, 1.54) is 25.2 Å². The molecule has 2 aromatic rings. The lowest BCUT2D eigenvalue weighted by atomic mass is 9.81. The molecule has 8 nitrogen and oxygen atoms in total. The number of carbonyl (C=O) groups is 1. The van der Waals surface area contributed by atoms with E-state index in [9.17, 15) is 9.59 Å². The average Bonchev–Trinajstić information content (AvgIpc) is 2.76. The Hall–Kier alpha value is -2.58. The third kappa shape index (κ3) is 3.65. The lowest BCUT2D eigenvalue weighted by molar-refractivity contribution is 0.0519. The van der Waals surface area contributed by atoms with Gasteiger partial charge in [0.05, 0.1) is 11.9 Å². The van der Waals surface area contributed by atoms with Crippen molar-refractivity contribution < 1.29 is 4.79 Å². The Morgan fingerprint density at radius 1 is 1.13 bits per heavy atom. The van der Waals surface area contributed by atoms with Crippen molar-refractivity contribution in [2.45, 2.75) is 37.8 Å². The highest BCUT2D eigenvalue weighted by molar-refractivity contribution is 6.03. The lowest BCUT2D eigenvalue weighted by Gasteiger charge is -2.47. The fraction of sp³-hybridized carbons (Fsp3) is 0.545. The summed E-state index contributed by atoms with van der Waals surface area (Å²) in [7, 11) is 2.19. The summed E-state index contributed by atoms with van der Waals surface area (Å²) in [5, 5.41) is 2.99. The molecule has 30 heavy (non-hydrogen) atoms. The van der Waals surface area contributed by atoms with Crippen LogP contribution in [0, 0.1) is 5.92 Å². The SMILES string of the molecule is CN1CCC(N2C[C@H]3C[C@H](C2)c2c(NC(=O)c4cnccn4)ccc(=O)n2C3)CC1. The Morgan fingerprint density at radius 2 is 1.97 bits per heavy atom. The first kappa shape index (κ1) is 19.4. The molecule has 2 atom stereocenters. The number of aromatic nitrogens is 3. The summed E-state index contributed by atoms with van der Waals surface area (Å²) in [6.07, 6.45) is 7.98. The molecule has 5 rings (SSSR count). The van der Waals surface area contributed by atoms with E-state index in [1.54, 1.807) is 18.3 Å². The minimum absolute atomic E-state index is 0.0185. The van der Waals surface area contributed by atoms with Crippen molar-refractivity contribution >= 4 is 11.6 Å². The summed E-state index contributed by atoms with van der Waals surface area (Å²) in [5.41, 5.74) is 1.98. The molecule has 1 N–H and O–H groups in total. The van der Waals surface area contributed by atoms with Crippen LogP contribution in [0.2, 0.25) is 0 Å². The Kier molecular flexibility index (Phi) is 5.12. The van der Waals surface area contributed by atoms with Crippen LogP contribution in [0.15, 0.2) is 35.5 Å². The summed E-state index contributed by atoms with van der Waals surface area (Å²) in [4.78, 5) is 38.4. The number of nitrogens with one attached hydrogen (secondary N) is 1. The quantitative estimate of drug-likeness (QED) is 0.827. The van der Waals surface area contributed by atoms with Crippen molar-refractivity contribution in [2.75, 3.05) is 38.5 Å². The van der Waals surface area contributed by atoms with Crippen molar-refractivity contribution in [3.8, 4) is 0 Å². The number of rotatable bonds is 3. The normalized spacial score (nSPS) is 25.0. The van der Waals surface area contributed by atoms with Gasteiger partial charge in [0.15, 0.2) is 0 Å². The number of amides is 1. The van der Waals surface area contributed by atoms with Gasteiger partial charge in [0, 0.05) is 55.7 Å². The molecule has 3 aliphatic heterocycles. The molecule has 158 valence electrons. The van der Waals surface area contributed by atoms with Gasteiger partial charge in [-0.05, 0) is 51.4 Å². The third-order valence-electron chi connectivity index (χ3n) is 6.87. The second-order valence-corrected chi connectivity index (χ2v) is 8.91. The monoisotopic (exact) mass is 408 g/mol. The Morgan fingerprint density at radius 3 is 2.73 bits per heavy atom. The van der Waals surface area contributed by atoms with Crippen molar-refractivity contribution in [3.05, 3.63) is 52.5 Å². The summed E-state index contributed by atoms with van der Waals surface area (Å²) >= 11 is 0. The molecule has 2 bridgehead atoms. The number of hydrogen-bond donors (Lipinski definition) is 1. The van der Waals surface area contributed by atoms with E-state index in [0.717, 1.165) is 50.5 Å². The number of likely N-dealkylation sites (tertiary alicyclic amines) is 2. The maximum absolute atomic E-state index is 12.7. The molecule has 2 fully saturated rings. The minimum atomic E-state index is -0.297. The van der Waals surface area contributed by atoms with E-state index in [-0.39, 0.29) is 23.1 Å². The van der Waals surface area contributed by atoms with E-state index in [4.69, 9.17) is 0 Å². The van der Waals surface area contributed by atoms with Crippen LogP contribution in [0.4, 0.5) is 5.69 Å². The molecule has 2 saturated heterocycles. The van der Waals surface area contributed by atoms with Crippen LogP contribution in [0.25, 0.3) is 0 Å². The van der Waals surface area contributed by atoms with Crippen LogP contribution in [0.5, 0.6) is 0 Å². The van der Waals surface area contributed by atoms with Gasteiger partial charge in [-0.2, -0.15) is 0 Å². The van der Waals surface area contributed by atoms with Gasteiger partial charge in [-0.25, -0.2) is 4.98 Å². The van der Waals surface area contributed by atoms with Crippen molar-refractivity contribution in [2.24, 2.45) is 5.92 Å². The molecule has 5 heterocycles. The van der Waals surface area contributed by atoms with Gasteiger partial charge in [0.1, 0.15) is 5.69 Å². The number of nitrogens with zero attached hydrogens (tertiary/aromatic N) is 5. The number of pyridine rings is 1. The number of hydrogen-bond acceptors (Lipinski definition) is 6. The number of fused-ring (bicyclic) bond motifs is 4. The molecule has 0 radical (unpaired) electrons. The molecule has 3 aliphatic rings. The summed E-state index contributed by atoms with van der Waals surface area (Å²) in [6, 6.07) is 3.93. The molecule has 1 amide bonds. The molecule has 8 heteroatoms. The maximum atomic E-state index is 12.7. The lowest BCUT2D eigenvalue weighted by Crippen LogP contribution is -2.53. The molecule has 0 aliphatic carbocycles. The molecule has 2 aromatic heterocycles. The standard InChI is InChI=1S/C22H28N6O2/c1-26-8-4-17(5-9-26)27-12-15-10-16(14-27)21-18(2-3-20(29)28(21)13-15)25-22(30)19-11-23-6-7-24-19/h2-3,6-7,11,15-17H,4-5,8-10,12-14H2,1H3,(H,25,30)/t15-,16-/m1/s1. The van der Waals surface area contributed by atoms with E-state index in [2.05, 4.69) is 32.1 Å². The van der Waals surface area contributed by atoms with Gasteiger partial charge in [0.25, 0.3) is 11.5 Å². The molecule has 0 spiro atoms. The highest BCUT2D eigenvalue weighted by Crippen LogP contribution is 2.40. The molecule has 0 unspecified atom stereocenters. The van der Waals surface area contributed by atoms with Gasteiger partial charge in [0.2, 0.25) is 0 Å². The number of carbonyl (C=O) groups excluding carboxylic acids is 1. The first-order valence-electron chi connectivity index (χ1n) is 10.8. The zero-order valence-corrected chi connectivity index (χ0v) is 17.3. The van der Waals surface area contributed by atoms with Gasteiger partial charge < -0.3 is 14.8 Å². The molecular formula is C22H28N6O2. The zero-order chi connectivity index (χ0) is 20.7. The average molecular weight is 409 g/mol. The van der Waals surface area contributed by atoms with E-state index >= 15 is 0 Å². The number of anilines is 1. The van der Waals surface area contributed by atoms with Crippen LogP contribution in [-0.4, -0.2) is 69.5 Å². The predicted molar refractivity (Wildman–Crippen MR) is 114 cm³/mol. The van der Waals surface area contributed by atoms with Gasteiger partial charge in [-0.3, -0.25) is 19.5 Å². The highest BCUT2D eigenvalue weighted by Gasteiger charge is 2.39. The highest BCUT2D eigenvalue weighted by atomic mass is 16.2. The fourth-order valence-electron chi connectivity index (χ4n) is 5.42. The van der Waals surface area contributed by atoms with Gasteiger partial charge in [-0.15, -0.1) is 0 Å². The van der Waals surface area contributed by atoms with Crippen LogP contribution in [0.3, 0.4) is 0 Å². The Labute approximate surface area is 175 Å². The molecule has 0 aromatic carbocycles. The predicted octanol–water partition coefficient (Wildman–Crippen LogP) is 1.40. The summed E-state index contributed by atoms with van der Waals surface area (Å²) < 4.78 is 1.89. The Bertz CT molecular complexity index is 983. The second-order valence-electron chi connectivity index (χ2n) is 8.91. The summed E-state index contributed by atoms with van der Waals surface area (Å²) in [5.74, 6) is 0.442. The first-order valence-corrected chi connectivity index (χ1v) is 10.8. The first-order chi connectivity index (χ1) is 14.6. The van der Waals surface area contributed by atoms with Crippen LogP contribution < -0.4 is 10.9 Å². The summed E-state index contributed by atoms with van der Waals surface area (Å²) in [6.45, 7) is 5.02. The van der Waals surface area contributed by atoms with E-state index in [0.29, 0.717) is 12.0 Å². The van der Waals surface area contributed by atoms with Gasteiger partial charge in [-0.1, -0.05) is 0 Å². The van der Waals surface area contributed by atoms with Crippen LogP contribution in [0.1, 0.15) is 41.4 Å². The zero-order valence-electron chi connectivity index (χ0n) is 17.3. The van der Waals surface area contributed by atoms with Crippen LogP contribution in [-0.2, 0) is 6.54 Å². The minimum Gasteiger partial charge on any atom is -0.319 e. The maximum Gasteiger partial charge on any atom is 0.275 e. The van der Waals surface area contributed by atoms with E-state index < -0.39 is 0 Å². The smallest absolute Gasteiger partial charge is 0.275 e. The van der Waals surface area contributed by atoms with Crippen LogP contribution >= 0.6 is 0 Å². The molecule has 0 saturated carbocycles. The van der Waals surface area contributed by atoms with Gasteiger partial charge >= 0.3 is 0 Å². The topological polar surface area (TPSA) is 83.4 Å².